The molecular formula is C19H29BrO. The summed E-state index contributed by atoms with van der Waals surface area (Å²) in [6, 6.07) is 0. The molecule has 1 nitrogen and oxygen atoms in total. The maximum Gasteiger partial charge on any atom is 0.0577 e. The van der Waals surface area contributed by atoms with Crippen molar-refractivity contribution in [1.29, 1.82) is 0 Å². The van der Waals surface area contributed by atoms with Crippen LogP contribution in [0, 0.1) is 28.6 Å². The molecule has 2 heteroatoms. The van der Waals surface area contributed by atoms with Crippen LogP contribution < -0.4 is 0 Å². The molecule has 4 rings (SSSR count). The van der Waals surface area contributed by atoms with Gasteiger partial charge < -0.3 is 5.11 Å². The molecule has 1 N–H and O–H groups in total. The lowest BCUT2D eigenvalue weighted by Crippen LogP contribution is -2.52. The van der Waals surface area contributed by atoms with Crippen molar-refractivity contribution >= 4 is 15.9 Å². The molecule has 0 saturated heterocycles. The Balaban J connectivity index is 1.73. The van der Waals surface area contributed by atoms with E-state index in [0.29, 0.717) is 15.7 Å². The lowest BCUT2D eigenvalue weighted by atomic mass is 9.48. The predicted octanol–water partition coefficient (Wildman–Crippen LogP) is 5.07. The van der Waals surface area contributed by atoms with Crippen molar-refractivity contribution in [3.05, 3.63) is 11.6 Å². The Labute approximate surface area is 137 Å². The SMILES string of the molecule is C[C@@]12CCCC1C1C(CC2)[C@@]2(C)CC[C@H](O)CC2=C[C@H]1Br. The molecular weight excluding hydrogens is 324 g/mol. The number of hydrogen-bond donors (Lipinski definition) is 1. The van der Waals surface area contributed by atoms with E-state index in [-0.39, 0.29) is 6.10 Å². The molecule has 4 aliphatic rings. The van der Waals surface area contributed by atoms with Gasteiger partial charge in [0.05, 0.1) is 6.10 Å². The number of aliphatic hydroxyl groups excluding tert-OH is 1. The molecule has 0 radical (unpaired) electrons. The van der Waals surface area contributed by atoms with Crippen molar-refractivity contribution in [3.63, 3.8) is 0 Å². The molecule has 0 aromatic rings. The summed E-state index contributed by atoms with van der Waals surface area (Å²) in [5.74, 6) is 2.59. The summed E-state index contributed by atoms with van der Waals surface area (Å²) in [5.41, 5.74) is 2.55. The number of hydrogen-bond acceptors (Lipinski definition) is 1. The van der Waals surface area contributed by atoms with Crippen LogP contribution in [0.2, 0.25) is 0 Å². The quantitative estimate of drug-likeness (QED) is 0.476. The molecule has 0 aliphatic heterocycles. The van der Waals surface area contributed by atoms with E-state index in [1.54, 1.807) is 5.57 Å². The highest BCUT2D eigenvalue weighted by atomic mass is 79.9. The third-order valence-corrected chi connectivity index (χ3v) is 8.72. The van der Waals surface area contributed by atoms with Crippen LogP contribution in [-0.4, -0.2) is 16.0 Å². The Morgan fingerprint density at radius 2 is 1.90 bits per heavy atom. The molecule has 0 heterocycles. The molecule has 3 fully saturated rings. The summed E-state index contributed by atoms with van der Waals surface area (Å²) < 4.78 is 0. The molecule has 118 valence electrons. The molecule has 21 heavy (non-hydrogen) atoms. The van der Waals surface area contributed by atoms with Gasteiger partial charge in [0.2, 0.25) is 0 Å². The van der Waals surface area contributed by atoms with Crippen molar-refractivity contribution in [2.45, 2.75) is 76.1 Å². The van der Waals surface area contributed by atoms with Crippen molar-refractivity contribution in [2.24, 2.45) is 28.6 Å². The van der Waals surface area contributed by atoms with Gasteiger partial charge in [-0.3, -0.25) is 0 Å². The average molecular weight is 353 g/mol. The van der Waals surface area contributed by atoms with E-state index in [2.05, 4.69) is 35.9 Å². The zero-order valence-corrected chi connectivity index (χ0v) is 15.0. The molecule has 4 aliphatic carbocycles. The van der Waals surface area contributed by atoms with E-state index >= 15 is 0 Å². The Kier molecular flexibility index (Phi) is 3.40. The fourth-order valence-corrected chi connectivity index (χ4v) is 7.63. The van der Waals surface area contributed by atoms with Crippen molar-refractivity contribution < 1.29 is 5.11 Å². The van der Waals surface area contributed by atoms with Crippen LogP contribution in [-0.2, 0) is 0 Å². The highest BCUT2D eigenvalue weighted by molar-refractivity contribution is 9.09. The highest BCUT2D eigenvalue weighted by Gasteiger charge is 2.57. The third-order valence-electron chi connectivity index (χ3n) is 7.85. The smallest absolute Gasteiger partial charge is 0.0577 e. The minimum absolute atomic E-state index is 0.0964. The molecule has 3 saturated carbocycles. The fourth-order valence-electron chi connectivity index (χ4n) is 6.57. The van der Waals surface area contributed by atoms with Crippen LogP contribution in [0.15, 0.2) is 11.6 Å². The van der Waals surface area contributed by atoms with Gasteiger partial charge in [0.1, 0.15) is 0 Å². The second-order valence-corrected chi connectivity index (χ2v) is 9.88. The van der Waals surface area contributed by atoms with Crippen LogP contribution in [0.1, 0.15) is 65.2 Å². The summed E-state index contributed by atoms with van der Waals surface area (Å²) in [4.78, 5) is 0.540. The summed E-state index contributed by atoms with van der Waals surface area (Å²) >= 11 is 4.04. The number of halogens is 1. The summed E-state index contributed by atoms with van der Waals surface area (Å²) in [6.07, 6.45) is 12.7. The Morgan fingerprint density at radius 3 is 2.71 bits per heavy atom. The number of aliphatic hydroxyl groups is 1. The first-order chi connectivity index (χ1) is 9.94. The zero-order chi connectivity index (χ0) is 14.8. The Bertz CT molecular complexity index is 472. The molecule has 0 spiro atoms. The molecule has 0 aromatic heterocycles. The maximum atomic E-state index is 10.1. The van der Waals surface area contributed by atoms with Crippen LogP contribution in [0.4, 0.5) is 0 Å². The van der Waals surface area contributed by atoms with E-state index in [4.69, 9.17) is 0 Å². The molecule has 0 amide bonds. The monoisotopic (exact) mass is 352 g/mol. The van der Waals surface area contributed by atoms with Gasteiger partial charge in [-0.15, -0.1) is 0 Å². The van der Waals surface area contributed by atoms with Crippen molar-refractivity contribution in [3.8, 4) is 0 Å². The van der Waals surface area contributed by atoms with Crippen molar-refractivity contribution in [2.75, 3.05) is 0 Å². The predicted molar refractivity (Wildman–Crippen MR) is 90.4 cm³/mol. The van der Waals surface area contributed by atoms with Crippen LogP contribution in [0.25, 0.3) is 0 Å². The second kappa shape index (κ2) is 4.84. The van der Waals surface area contributed by atoms with Gasteiger partial charge >= 0.3 is 0 Å². The van der Waals surface area contributed by atoms with Gasteiger partial charge in [-0.2, -0.15) is 0 Å². The summed E-state index contributed by atoms with van der Waals surface area (Å²) in [5, 5.41) is 10.1. The van der Waals surface area contributed by atoms with E-state index in [9.17, 15) is 5.11 Å². The first-order valence-electron chi connectivity index (χ1n) is 8.97. The Hall–Kier alpha value is 0.180. The van der Waals surface area contributed by atoms with Gasteiger partial charge in [0.15, 0.2) is 0 Å². The van der Waals surface area contributed by atoms with E-state index in [0.717, 1.165) is 30.6 Å². The summed E-state index contributed by atoms with van der Waals surface area (Å²) in [6.45, 7) is 5.08. The maximum absolute atomic E-state index is 10.1. The second-order valence-electron chi connectivity index (χ2n) is 8.83. The van der Waals surface area contributed by atoms with Crippen molar-refractivity contribution in [1.82, 2.24) is 0 Å². The minimum Gasteiger partial charge on any atom is -0.393 e. The third kappa shape index (κ3) is 2.04. The molecule has 0 aromatic carbocycles. The standard InChI is InChI=1S/C19H29BrO/c1-18-7-3-4-14(18)17-15(6-8-18)19(2)9-5-13(21)10-12(19)11-16(17)20/h11,13-17,21H,3-10H2,1-2H3/t13-,14?,15?,16+,17?,18-,19-/m0/s1. The van der Waals surface area contributed by atoms with Gasteiger partial charge in [-0.05, 0) is 73.5 Å². The average Bonchev–Trinajstić information content (AvgIpc) is 2.82. The minimum atomic E-state index is -0.0964. The first kappa shape index (κ1) is 14.8. The number of alkyl halides is 1. The normalized spacial score (nSPS) is 56.2. The molecule has 7 atom stereocenters. The van der Waals surface area contributed by atoms with Crippen LogP contribution in [0.3, 0.4) is 0 Å². The largest absolute Gasteiger partial charge is 0.393 e. The highest BCUT2D eigenvalue weighted by Crippen LogP contribution is 2.65. The molecule has 3 unspecified atom stereocenters. The number of allylic oxidation sites excluding steroid dienone is 1. The zero-order valence-electron chi connectivity index (χ0n) is 13.4. The van der Waals surface area contributed by atoms with E-state index < -0.39 is 0 Å². The van der Waals surface area contributed by atoms with Crippen LogP contribution >= 0.6 is 15.9 Å². The van der Waals surface area contributed by atoms with Gasteiger partial charge in [0, 0.05) is 4.83 Å². The topological polar surface area (TPSA) is 20.2 Å². The van der Waals surface area contributed by atoms with Gasteiger partial charge in [-0.1, -0.05) is 47.8 Å². The van der Waals surface area contributed by atoms with E-state index in [1.165, 1.54) is 38.5 Å². The molecule has 0 bridgehead atoms. The van der Waals surface area contributed by atoms with Crippen LogP contribution in [0.5, 0.6) is 0 Å². The van der Waals surface area contributed by atoms with Gasteiger partial charge in [-0.25, -0.2) is 0 Å². The summed E-state index contributed by atoms with van der Waals surface area (Å²) in [7, 11) is 0. The van der Waals surface area contributed by atoms with E-state index in [1.807, 2.05) is 0 Å². The fraction of sp³-hybridized carbons (Fsp3) is 0.895. The Morgan fingerprint density at radius 1 is 1.10 bits per heavy atom. The number of rotatable bonds is 0. The first-order valence-corrected chi connectivity index (χ1v) is 9.89. The lowest BCUT2D eigenvalue weighted by Gasteiger charge is -2.58. The number of fused-ring (bicyclic) bond motifs is 5. The van der Waals surface area contributed by atoms with Gasteiger partial charge in [0.25, 0.3) is 0 Å². The lowest BCUT2D eigenvalue weighted by molar-refractivity contribution is -0.0327.